The second kappa shape index (κ2) is 4.92. The lowest BCUT2D eigenvalue weighted by Gasteiger charge is -2.06. The minimum absolute atomic E-state index is 0.0999. The smallest absolute Gasteiger partial charge is 0.269 e. The van der Waals surface area contributed by atoms with E-state index in [-0.39, 0.29) is 11.3 Å². The minimum Gasteiger partial charge on any atom is -0.292 e. The largest absolute Gasteiger partial charge is 0.292 e. The highest BCUT2D eigenvalue weighted by molar-refractivity contribution is 9.11. The first kappa shape index (κ1) is 13.8. The molecule has 1 atom stereocenters. The number of nitrogens with zero attached hydrogens (tertiary/aromatic N) is 1. The summed E-state index contributed by atoms with van der Waals surface area (Å²) >= 11 is 2.78. The van der Waals surface area contributed by atoms with Gasteiger partial charge in [0.2, 0.25) is 0 Å². The molecule has 0 heterocycles. The number of non-ortho nitro benzene ring substituents is 1. The first-order chi connectivity index (χ1) is 7.73. The van der Waals surface area contributed by atoms with E-state index in [0.29, 0.717) is 0 Å². The first-order valence-corrected chi connectivity index (χ1v) is 7.22. The van der Waals surface area contributed by atoms with Crippen LogP contribution in [-0.2, 0) is 9.84 Å². The van der Waals surface area contributed by atoms with Gasteiger partial charge in [0, 0.05) is 24.0 Å². The number of sulfone groups is 1. The highest BCUT2D eigenvalue weighted by atomic mass is 79.9. The van der Waals surface area contributed by atoms with E-state index in [2.05, 4.69) is 15.9 Å². The summed E-state index contributed by atoms with van der Waals surface area (Å²) in [6.45, 7) is 0. The number of nitro groups is 1. The Kier molecular flexibility index (Phi) is 3.99. The summed E-state index contributed by atoms with van der Waals surface area (Å²) in [5.41, 5.74) is -0.0603. The number of benzene rings is 1. The third-order valence-corrected chi connectivity index (χ3v) is 5.36. The molecule has 17 heavy (non-hydrogen) atoms. The van der Waals surface area contributed by atoms with Gasteiger partial charge in [-0.15, -0.1) is 0 Å². The number of carbonyl (C=O) groups excluding carboxylic acids is 1. The fourth-order valence-corrected chi connectivity index (χ4v) is 1.86. The van der Waals surface area contributed by atoms with Crippen molar-refractivity contribution >= 4 is 37.2 Å². The van der Waals surface area contributed by atoms with Crippen LogP contribution in [0.1, 0.15) is 10.4 Å². The van der Waals surface area contributed by atoms with E-state index in [1.165, 1.54) is 12.1 Å². The van der Waals surface area contributed by atoms with E-state index >= 15 is 0 Å². The Balaban J connectivity index is 3.03. The molecule has 0 aliphatic heterocycles. The van der Waals surface area contributed by atoms with Crippen LogP contribution in [0.2, 0.25) is 0 Å². The lowest BCUT2D eigenvalue weighted by atomic mass is 10.1. The molecule has 0 unspecified atom stereocenters. The van der Waals surface area contributed by atoms with Crippen molar-refractivity contribution in [1.29, 1.82) is 0 Å². The molecule has 6 nitrogen and oxygen atoms in total. The van der Waals surface area contributed by atoms with Crippen LogP contribution in [0.3, 0.4) is 0 Å². The lowest BCUT2D eigenvalue weighted by molar-refractivity contribution is -0.384. The minimum atomic E-state index is -3.54. The molecule has 0 N–H and O–H groups in total. The van der Waals surface area contributed by atoms with E-state index in [9.17, 15) is 23.3 Å². The number of alkyl halides is 1. The molecule has 0 radical (unpaired) electrons. The van der Waals surface area contributed by atoms with Gasteiger partial charge in [-0.1, -0.05) is 15.9 Å². The number of rotatable bonds is 4. The Morgan fingerprint density at radius 1 is 1.35 bits per heavy atom. The quantitative estimate of drug-likeness (QED) is 0.363. The van der Waals surface area contributed by atoms with Crippen molar-refractivity contribution < 1.29 is 18.1 Å². The average Bonchev–Trinajstić information content (AvgIpc) is 2.26. The number of nitro benzene ring substituents is 1. The maximum absolute atomic E-state index is 11.7. The topological polar surface area (TPSA) is 94.3 Å². The van der Waals surface area contributed by atoms with Crippen LogP contribution in [-0.4, -0.2) is 29.5 Å². The molecule has 0 amide bonds. The summed E-state index contributed by atoms with van der Waals surface area (Å²) in [5, 5.41) is 10.4. The summed E-state index contributed by atoms with van der Waals surface area (Å²) in [6, 6.07) is 4.74. The van der Waals surface area contributed by atoms with Crippen molar-refractivity contribution in [3.63, 3.8) is 0 Å². The average molecular weight is 322 g/mol. The predicted molar refractivity (Wildman–Crippen MR) is 65.0 cm³/mol. The first-order valence-electron chi connectivity index (χ1n) is 4.35. The highest BCUT2D eigenvalue weighted by Crippen LogP contribution is 2.18. The van der Waals surface area contributed by atoms with Gasteiger partial charge in [0.25, 0.3) is 5.69 Å². The number of halogens is 1. The van der Waals surface area contributed by atoms with Crippen molar-refractivity contribution in [2.24, 2.45) is 0 Å². The maximum atomic E-state index is 11.7. The normalized spacial score (nSPS) is 13.1. The molecule has 92 valence electrons. The lowest BCUT2D eigenvalue weighted by Crippen LogP contribution is -2.23. The van der Waals surface area contributed by atoms with Crippen LogP contribution in [0.5, 0.6) is 0 Å². The summed E-state index contributed by atoms with van der Waals surface area (Å²) in [7, 11) is -3.54. The number of hydrogen-bond acceptors (Lipinski definition) is 5. The Hall–Kier alpha value is -1.28. The second-order valence-corrected chi connectivity index (χ2v) is 6.97. The molecule has 0 bridgehead atoms. The molecular weight excluding hydrogens is 314 g/mol. The molecular formula is C9H8BrNO5S. The van der Waals surface area contributed by atoms with E-state index in [4.69, 9.17) is 0 Å². The number of ketones is 1. The van der Waals surface area contributed by atoms with E-state index in [0.717, 1.165) is 18.4 Å². The molecule has 1 aromatic carbocycles. The van der Waals surface area contributed by atoms with Gasteiger partial charge in [0.15, 0.2) is 19.8 Å². The molecule has 8 heteroatoms. The zero-order valence-corrected chi connectivity index (χ0v) is 11.1. The van der Waals surface area contributed by atoms with Crippen molar-refractivity contribution in [1.82, 2.24) is 0 Å². The van der Waals surface area contributed by atoms with Crippen LogP contribution < -0.4 is 0 Å². The maximum Gasteiger partial charge on any atom is 0.269 e. The number of carbonyl (C=O) groups is 1. The Labute approximate surface area is 106 Å². The van der Waals surface area contributed by atoms with Gasteiger partial charge in [0.1, 0.15) is 0 Å². The van der Waals surface area contributed by atoms with Crippen molar-refractivity contribution in [3.8, 4) is 0 Å². The van der Waals surface area contributed by atoms with Crippen LogP contribution in [0.15, 0.2) is 24.3 Å². The highest BCUT2D eigenvalue weighted by Gasteiger charge is 2.26. The molecule has 1 rings (SSSR count). The number of hydrogen-bond donors (Lipinski definition) is 0. The van der Waals surface area contributed by atoms with Crippen molar-refractivity contribution in [3.05, 3.63) is 39.9 Å². The van der Waals surface area contributed by atoms with Gasteiger partial charge >= 0.3 is 0 Å². The summed E-state index contributed by atoms with van der Waals surface area (Å²) in [4.78, 5) is 21.5. The van der Waals surface area contributed by atoms with Crippen molar-refractivity contribution in [2.45, 2.75) is 4.16 Å². The van der Waals surface area contributed by atoms with E-state index in [1.54, 1.807) is 0 Å². The molecule has 1 aromatic rings. The SMILES string of the molecule is CS(=O)(=O)[C@@H](Br)C(=O)c1ccc([N+](=O)[O-])cc1. The fraction of sp³-hybridized carbons (Fsp3) is 0.222. The zero-order valence-electron chi connectivity index (χ0n) is 8.66. The molecule has 0 saturated carbocycles. The second-order valence-electron chi connectivity index (χ2n) is 3.31. The van der Waals surface area contributed by atoms with Gasteiger partial charge in [-0.05, 0) is 12.1 Å². The van der Waals surface area contributed by atoms with Gasteiger partial charge in [-0.25, -0.2) is 8.42 Å². The number of Topliss-reactive ketones (excluding diaryl/α,β-unsaturated/α-hetero) is 1. The Bertz CT molecular complexity index is 551. The Morgan fingerprint density at radius 2 is 1.82 bits per heavy atom. The zero-order chi connectivity index (χ0) is 13.2. The molecule has 0 aromatic heterocycles. The molecule has 0 spiro atoms. The van der Waals surface area contributed by atoms with Crippen LogP contribution in [0.4, 0.5) is 5.69 Å². The van der Waals surface area contributed by atoms with Gasteiger partial charge in [-0.3, -0.25) is 14.9 Å². The summed E-state index contributed by atoms with van der Waals surface area (Å²) < 4.78 is 21.0. The fourth-order valence-electron chi connectivity index (χ4n) is 1.07. The molecule has 0 aliphatic carbocycles. The Morgan fingerprint density at radius 3 is 2.18 bits per heavy atom. The summed E-state index contributed by atoms with van der Waals surface area (Å²) in [6.07, 6.45) is 0.926. The van der Waals surface area contributed by atoms with Crippen LogP contribution in [0.25, 0.3) is 0 Å². The van der Waals surface area contributed by atoms with Crippen molar-refractivity contribution in [2.75, 3.05) is 6.26 Å². The standard InChI is InChI=1S/C9H8BrNO5S/c1-17(15,16)9(10)8(12)6-2-4-7(5-3-6)11(13)14/h2-5,9H,1H3/t9-/m1/s1. The molecule has 0 saturated heterocycles. The van der Waals surface area contributed by atoms with Gasteiger partial charge in [-0.2, -0.15) is 0 Å². The van der Waals surface area contributed by atoms with Gasteiger partial charge < -0.3 is 0 Å². The third-order valence-electron chi connectivity index (χ3n) is 1.94. The summed E-state index contributed by atoms with van der Waals surface area (Å²) in [5.74, 6) is -0.651. The monoisotopic (exact) mass is 321 g/mol. The van der Waals surface area contributed by atoms with Crippen LogP contribution >= 0.6 is 15.9 Å². The van der Waals surface area contributed by atoms with E-state index < -0.39 is 24.7 Å². The van der Waals surface area contributed by atoms with Crippen LogP contribution in [0, 0.1) is 10.1 Å². The third kappa shape index (κ3) is 3.34. The predicted octanol–water partition coefficient (Wildman–Crippen LogP) is 1.54. The molecule has 0 fully saturated rings. The molecule has 0 aliphatic rings. The van der Waals surface area contributed by atoms with E-state index in [1.807, 2.05) is 0 Å². The van der Waals surface area contributed by atoms with Gasteiger partial charge in [0.05, 0.1) is 4.92 Å².